The molecule has 0 unspecified atom stereocenters. The van der Waals surface area contributed by atoms with Crippen LogP contribution in [0.15, 0.2) is 22.9 Å². The Kier molecular flexibility index (Phi) is 6.36. The molecule has 140 valence electrons. The van der Waals surface area contributed by atoms with Crippen molar-refractivity contribution in [3.8, 4) is 11.5 Å². The molecule has 26 heavy (non-hydrogen) atoms. The van der Waals surface area contributed by atoms with E-state index in [2.05, 4.69) is 74.0 Å². The quantitative estimate of drug-likeness (QED) is 0.364. The number of hydrogen-bond donors (Lipinski definition) is 0. The fourth-order valence-electron chi connectivity index (χ4n) is 4.05. The highest BCUT2D eigenvalue weighted by atomic mass is 79.9. The number of ether oxygens (including phenoxy) is 1. The molecule has 0 radical (unpaired) electrons. The van der Waals surface area contributed by atoms with E-state index < -0.39 is 8.07 Å². The summed E-state index contributed by atoms with van der Waals surface area (Å²) in [5.74, 6) is 3.02. The van der Waals surface area contributed by atoms with E-state index in [9.17, 15) is 4.79 Å². The molecule has 0 atom stereocenters. The third-order valence-corrected chi connectivity index (χ3v) is 12.2. The topological polar surface area (TPSA) is 43.6 Å². The van der Waals surface area contributed by atoms with Gasteiger partial charge in [-0.15, -0.1) is 5.54 Å². The molecule has 2 aromatic heterocycles. The van der Waals surface area contributed by atoms with Gasteiger partial charge >= 0.3 is 5.97 Å². The lowest BCUT2D eigenvalue weighted by Gasteiger charge is -2.38. The molecule has 0 aliphatic carbocycles. The van der Waals surface area contributed by atoms with Gasteiger partial charge in [-0.1, -0.05) is 47.5 Å². The summed E-state index contributed by atoms with van der Waals surface area (Å²) in [7, 11) is -0.527. The molecule has 0 fully saturated rings. The van der Waals surface area contributed by atoms with Crippen LogP contribution in [0, 0.1) is 11.5 Å². The molecule has 6 heteroatoms. The first kappa shape index (κ1) is 20.7. The summed E-state index contributed by atoms with van der Waals surface area (Å²) in [5, 5.41) is 4.32. The minimum atomic E-state index is -1.92. The summed E-state index contributed by atoms with van der Waals surface area (Å²) < 4.78 is 7.53. The van der Waals surface area contributed by atoms with Gasteiger partial charge in [0.15, 0.2) is 0 Å². The Bertz CT molecular complexity index is 853. The van der Waals surface area contributed by atoms with Crippen molar-refractivity contribution in [3.05, 3.63) is 34.1 Å². The Morgan fingerprint density at radius 1 is 1.19 bits per heavy atom. The van der Waals surface area contributed by atoms with Gasteiger partial charge in [0.25, 0.3) is 0 Å². The van der Waals surface area contributed by atoms with Crippen LogP contribution in [0.1, 0.15) is 57.5 Å². The van der Waals surface area contributed by atoms with Crippen LogP contribution in [0.2, 0.25) is 16.6 Å². The van der Waals surface area contributed by atoms with Crippen molar-refractivity contribution < 1.29 is 9.53 Å². The van der Waals surface area contributed by atoms with Crippen molar-refractivity contribution in [1.82, 2.24) is 9.61 Å². The van der Waals surface area contributed by atoms with Crippen molar-refractivity contribution in [2.75, 3.05) is 7.11 Å². The van der Waals surface area contributed by atoms with Gasteiger partial charge in [0.2, 0.25) is 0 Å². The SMILES string of the molecule is COC(=O)c1ccn2ncc(Br)c2c1C#C[Si](C(C)C)(C(C)C)C(C)C. The zero-order valence-corrected chi connectivity index (χ0v) is 19.1. The summed E-state index contributed by atoms with van der Waals surface area (Å²) in [4.78, 5) is 12.3. The predicted molar refractivity (Wildman–Crippen MR) is 112 cm³/mol. The number of pyridine rings is 1. The third kappa shape index (κ3) is 3.47. The van der Waals surface area contributed by atoms with Crippen LogP contribution >= 0.6 is 15.9 Å². The number of esters is 1. The van der Waals surface area contributed by atoms with Crippen LogP contribution in [-0.2, 0) is 4.74 Å². The number of hydrogen-bond acceptors (Lipinski definition) is 3. The minimum absolute atomic E-state index is 0.379. The number of carbonyl (C=O) groups is 1. The summed E-state index contributed by atoms with van der Waals surface area (Å²) in [6.07, 6.45) is 3.48. The molecular weight excluding hydrogens is 408 g/mol. The van der Waals surface area contributed by atoms with E-state index in [0.717, 1.165) is 9.99 Å². The van der Waals surface area contributed by atoms with Crippen molar-refractivity contribution in [2.24, 2.45) is 0 Å². The number of methoxy groups -OCH3 is 1. The van der Waals surface area contributed by atoms with E-state index in [4.69, 9.17) is 4.74 Å². The highest BCUT2D eigenvalue weighted by Gasteiger charge is 2.41. The molecule has 0 aromatic carbocycles. The predicted octanol–water partition coefficient (Wildman–Crippen LogP) is 5.45. The zero-order valence-electron chi connectivity index (χ0n) is 16.6. The van der Waals surface area contributed by atoms with Crippen molar-refractivity contribution in [1.29, 1.82) is 0 Å². The number of rotatable bonds is 4. The largest absolute Gasteiger partial charge is 0.465 e. The Hall–Kier alpha value is -1.58. The normalized spacial score (nSPS) is 12.0. The van der Waals surface area contributed by atoms with E-state index >= 15 is 0 Å². The number of carbonyl (C=O) groups excluding carboxylic acids is 1. The molecule has 2 rings (SSSR count). The van der Waals surface area contributed by atoms with Crippen LogP contribution in [0.3, 0.4) is 0 Å². The number of fused-ring (bicyclic) bond motifs is 1. The Labute approximate surface area is 165 Å². The Morgan fingerprint density at radius 2 is 1.77 bits per heavy atom. The lowest BCUT2D eigenvalue weighted by molar-refractivity contribution is 0.0600. The van der Waals surface area contributed by atoms with Crippen molar-refractivity contribution in [3.63, 3.8) is 0 Å². The fraction of sp³-hybridized carbons (Fsp3) is 0.500. The summed E-state index contributed by atoms with van der Waals surface area (Å²) in [6, 6.07) is 1.73. The summed E-state index contributed by atoms with van der Waals surface area (Å²) in [5.41, 5.74) is 7.22. The van der Waals surface area contributed by atoms with E-state index in [1.54, 1.807) is 23.0 Å². The van der Waals surface area contributed by atoms with Crippen LogP contribution in [-0.4, -0.2) is 30.8 Å². The maximum atomic E-state index is 12.3. The number of halogens is 1. The molecule has 0 spiro atoms. The highest BCUT2D eigenvalue weighted by molar-refractivity contribution is 9.10. The lowest BCUT2D eigenvalue weighted by atomic mass is 10.1. The molecule has 0 saturated carbocycles. The van der Waals surface area contributed by atoms with Crippen LogP contribution < -0.4 is 0 Å². The average molecular weight is 435 g/mol. The summed E-state index contributed by atoms with van der Waals surface area (Å²) >= 11 is 3.54. The second kappa shape index (κ2) is 7.97. The standard InChI is InChI=1S/C20H27BrN2O2Si/c1-13(2)26(14(3)4,15(5)6)11-9-16-17(20(24)25-7)8-10-23-19(16)18(21)12-22-23/h8,10,12-15H,1-7H3. The zero-order chi connectivity index (χ0) is 19.6. The van der Waals surface area contributed by atoms with Gasteiger partial charge in [-0.25, -0.2) is 9.31 Å². The number of nitrogens with zero attached hydrogens (tertiary/aromatic N) is 2. The third-order valence-electron chi connectivity index (χ3n) is 5.31. The molecule has 2 heterocycles. The first-order valence-corrected chi connectivity index (χ1v) is 12.0. The van der Waals surface area contributed by atoms with Crippen LogP contribution in [0.25, 0.3) is 5.52 Å². The molecule has 0 amide bonds. The van der Waals surface area contributed by atoms with E-state index in [0.29, 0.717) is 27.8 Å². The maximum absolute atomic E-state index is 12.3. The van der Waals surface area contributed by atoms with E-state index in [-0.39, 0.29) is 5.97 Å². The van der Waals surface area contributed by atoms with E-state index in [1.807, 2.05) is 0 Å². The van der Waals surface area contributed by atoms with E-state index in [1.165, 1.54) is 7.11 Å². The van der Waals surface area contributed by atoms with Gasteiger partial charge < -0.3 is 4.74 Å². The Balaban J connectivity index is 2.80. The first-order valence-electron chi connectivity index (χ1n) is 8.94. The summed E-state index contributed by atoms with van der Waals surface area (Å²) in [6.45, 7) is 13.7. The molecular formula is C20H27BrN2O2Si. The highest BCUT2D eigenvalue weighted by Crippen LogP contribution is 2.41. The fourth-order valence-corrected chi connectivity index (χ4v) is 9.73. The molecule has 0 aliphatic heterocycles. The molecule has 4 nitrogen and oxygen atoms in total. The van der Waals surface area contributed by atoms with Crippen LogP contribution in [0.5, 0.6) is 0 Å². The molecule has 2 aromatic rings. The smallest absolute Gasteiger partial charge is 0.339 e. The monoisotopic (exact) mass is 434 g/mol. The molecule has 0 saturated heterocycles. The number of aromatic nitrogens is 2. The lowest BCUT2D eigenvalue weighted by Crippen LogP contribution is -2.43. The Morgan fingerprint density at radius 3 is 2.27 bits per heavy atom. The van der Waals surface area contributed by atoms with Gasteiger partial charge in [-0.3, -0.25) is 0 Å². The van der Waals surface area contributed by atoms with Crippen molar-refractivity contribution in [2.45, 2.75) is 58.2 Å². The maximum Gasteiger partial charge on any atom is 0.339 e. The second-order valence-corrected chi connectivity index (χ2v) is 14.0. The second-order valence-electron chi connectivity index (χ2n) is 7.53. The van der Waals surface area contributed by atoms with Gasteiger partial charge in [0.05, 0.1) is 34.4 Å². The van der Waals surface area contributed by atoms with Crippen LogP contribution in [0.4, 0.5) is 0 Å². The van der Waals surface area contributed by atoms with Gasteiger partial charge in [-0.2, -0.15) is 5.10 Å². The van der Waals surface area contributed by atoms with Gasteiger partial charge in [0.1, 0.15) is 8.07 Å². The van der Waals surface area contributed by atoms with Gasteiger partial charge in [-0.05, 0) is 38.6 Å². The molecule has 0 bridgehead atoms. The van der Waals surface area contributed by atoms with Crippen molar-refractivity contribution >= 4 is 35.5 Å². The average Bonchev–Trinajstić information content (AvgIpc) is 2.95. The molecule has 0 N–H and O–H groups in total. The molecule has 0 aliphatic rings. The first-order chi connectivity index (χ1) is 12.2. The van der Waals surface area contributed by atoms with Gasteiger partial charge in [0, 0.05) is 6.20 Å². The minimum Gasteiger partial charge on any atom is -0.465 e.